The lowest BCUT2D eigenvalue weighted by molar-refractivity contribution is -0.317. The fourth-order valence-corrected chi connectivity index (χ4v) is 6.85. The lowest BCUT2D eigenvalue weighted by atomic mass is 9.82. The first-order valence-corrected chi connectivity index (χ1v) is 13.4. The highest BCUT2D eigenvalue weighted by Crippen LogP contribution is 2.53. The predicted octanol–water partition coefficient (Wildman–Crippen LogP) is 2.72. The second-order valence-corrected chi connectivity index (χ2v) is 10.2. The summed E-state index contributed by atoms with van der Waals surface area (Å²) in [6.07, 6.45) is -3.59. The van der Waals surface area contributed by atoms with Crippen LogP contribution in [0.25, 0.3) is 0 Å². The molecular weight excluding hydrogens is 622 g/mol. The van der Waals surface area contributed by atoms with Crippen LogP contribution in [-0.4, -0.2) is 81.7 Å². The lowest BCUT2D eigenvalue weighted by Crippen LogP contribution is -2.81. The maximum absolute atomic E-state index is 13.7. The van der Waals surface area contributed by atoms with Crippen LogP contribution in [0.5, 0.6) is 0 Å². The minimum absolute atomic E-state index is 0.129. The lowest BCUT2D eigenvalue weighted by Gasteiger charge is -2.58. The molecule has 202 valence electrons. The number of esters is 3. The van der Waals surface area contributed by atoms with Crippen LogP contribution in [0.2, 0.25) is 0 Å². The molecular formula is C24H27Br2NO10. The quantitative estimate of drug-likeness (QED) is 0.170. The molecule has 0 N–H and O–H groups in total. The number of carbonyl (C=O) groups excluding carboxylic acids is 5. The number of rotatable bonds is 9. The standard InChI is InChI=1S/C24H27Br2NO10/c1-5-10-33-22-23(12-25,27-20(31)16-8-6-7-9-17(16)21(27)32)24(26,37-15(4)30)19(35-14(3)29)18(36-22)11-34-13(2)28/h6-9,18-19,22H,5,10-12H2,1-4H3/t18-,19-,22-,23?,24+/m1/s1. The van der Waals surface area contributed by atoms with Crippen molar-refractivity contribution in [1.29, 1.82) is 0 Å². The first-order chi connectivity index (χ1) is 17.4. The van der Waals surface area contributed by atoms with E-state index in [0.29, 0.717) is 6.42 Å². The van der Waals surface area contributed by atoms with E-state index in [1.807, 2.05) is 6.92 Å². The second kappa shape index (κ2) is 11.6. The Morgan fingerprint density at radius 3 is 2.08 bits per heavy atom. The molecule has 2 aliphatic rings. The zero-order chi connectivity index (χ0) is 27.5. The third-order valence-electron chi connectivity index (χ3n) is 5.89. The van der Waals surface area contributed by atoms with Crippen molar-refractivity contribution in [2.24, 2.45) is 0 Å². The number of carbonyl (C=O) groups is 5. The Labute approximate surface area is 230 Å². The van der Waals surface area contributed by atoms with Crippen molar-refractivity contribution in [3.8, 4) is 0 Å². The Morgan fingerprint density at radius 2 is 1.62 bits per heavy atom. The van der Waals surface area contributed by atoms with Gasteiger partial charge in [-0.05, 0) is 34.5 Å². The van der Waals surface area contributed by atoms with Crippen molar-refractivity contribution in [2.75, 3.05) is 18.5 Å². The Bertz CT molecular complexity index is 1060. The zero-order valence-corrected chi connectivity index (χ0v) is 23.8. The van der Waals surface area contributed by atoms with Gasteiger partial charge in [-0.3, -0.25) is 28.9 Å². The summed E-state index contributed by atoms with van der Waals surface area (Å²) in [6, 6.07) is 6.22. The van der Waals surface area contributed by atoms with Gasteiger partial charge in [0.15, 0.2) is 17.9 Å². The molecule has 37 heavy (non-hydrogen) atoms. The first kappa shape index (κ1) is 29.2. The predicted molar refractivity (Wildman–Crippen MR) is 134 cm³/mol. The molecule has 1 saturated heterocycles. The molecule has 1 fully saturated rings. The number of amides is 2. The highest BCUT2D eigenvalue weighted by atomic mass is 79.9. The number of halogens is 2. The molecule has 0 saturated carbocycles. The van der Waals surface area contributed by atoms with Crippen LogP contribution in [0.1, 0.15) is 54.8 Å². The summed E-state index contributed by atoms with van der Waals surface area (Å²) in [4.78, 5) is 64.6. The van der Waals surface area contributed by atoms with E-state index in [0.717, 1.165) is 18.7 Å². The van der Waals surface area contributed by atoms with Gasteiger partial charge in [-0.1, -0.05) is 35.0 Å². The number of hydrogen-bond donors (Lipinski definition) is 0. The van der Waals surface area contributed by atoms with Crippen molar-refractivity contribution >= 4 is 61.6 Å². The Balaban J connectivity index is 2.29. The molecule has 1 unspecified atom stereocenters. The number of benzene rings is 1. The molecule has 0 aliphatic carbocycles. The summed E-state index contributed by atoms with van der Waals surface area (Å²) < 4.78 is 26.6. The summed E-state index contributed by atoms with van der Waals surface area (Å²) in [7, 11) is 0. The van der Waals surface area contributed by atoms with Gasteiger partial charge in [0.1, 0.15) is 12.7 Å². The van der Waals surface area contributed by atoms with Crippen LogP contribution < -0.4 is 0 Å². The number of hydrogen-bond acceptors (Lipinski definition) is 10. The average molecular weight is 649 g/mol. The molecule has 0 aromatic heterocycles. The second-order valence-electron chi connectivity index (χ2n) is 8.50. The summed E-state index contributed by atoms with van der Waals surface area (Å²) in [5.41, 5.74) is -1.68. The number of fused-ring (bicyclic) bond motifs is 1. The molecule has 2 amide bonds. The molecule has 0 radical (unpaired) electrons. The number of ether oxygens (including phenoxy) is 5. The van der Waals surface area contributed by atoms with Gasteiger partial charge in [-0.15, -0.1) is 0 Å². The van der Waals surface area contributed by atoms with Crippen molar-refractivity contribution in [3.05, 3.63) is 35.4 Å². The normalized spacial score (nSPS) is 29.0. The molecule has 1 aromatic carbocycles. The van der Waals surface area contributed by atoms with Crippen LogP contribution >= 0.6 is 31.9 Å². The molecule has 0 spiro atoms. The van der Waals surface area contributed by atoms with E-state index in [9.17, 15) is 24.0 Å². The Kier molecular flexibility index (Phi) is 9.14. The summed E-state index contributed by atoms with van der Waals surface area (Å²) in [5.74, 6) is -3.62. The third kappa shape index (κ3) is 5.18. The largest absolute Gasteiger partial charge is 0.463 e. The number of alkyl halides is 2. The minimum atomic E-state index is -2.10. The average Bonchev–Trinajstić information content (AvgIpc) is 3.08. The van der Waals surface area contributed by atoms with E-state index in [1.54, 1.807) is 12.1 Å². The van der Waals surface area contributed by atoms with Gasteiger partial charge in [0.25, 0.3) is 11.8 Å². The topological polar surface area (TPSA) is 135 Å². The van der Waals surface area contributed by atoms with Gasteiger partial charge in [0.05, 0.1) is 11.1 Å². The van der Waals surface area contributed by atoms with Gasteiger partial charge in [0.2, 0.25) is 4.51 Å². The Hall–Kier alpha value is -2.35. The van der Waals surface area contributed by atoms with E-state index in [-0.39, 0.29) is 23.1 Å². The summed E-state index contributed by atoms with van der Waals surface area (Å²) in [6.45, 7) is 4.99. The van der Waals surface area contributed by atoms with Crippen LogP contribution in [0.4, 0.5) is 0 Å². The number of nitrogens with zero attached hydrogens (tertiary/aromatic N) is 1. The third-order valence-corrected chi connectivity index (χ3v) is 8.04. The Morgan fingerprint density at radius 1 is 1.03 bits per heavy atom. The van der Waals surface area contributed by atoms with Crippen LogP contribution in [0, 0.1) is 0 Å². The van der Waals surface area contributed by atoms with Gasteiger partial charge in [-0.25, -0.2) is 0 Å². The number of imide groups is 1. The van der Waals surface area contributed by atoms with Crippen molar-refractivity contribution in [2.45, 2.75) is 62.7 Å². The highest BCUT2D eigenvalue weighted by molar-refractivity contribution is 9.10. The van der Waals surface area contributed by atoms with E-state index < -0.39 is 64.9 Å². The molecule has 5 atom stereocenters. The van der Waals surface area contributed by atoms with Crippen molar-refractivity contribution < 1.29 is 47.7 Å². The van der Waals surface area contributed by atoms with Crippen molar-refractivity contribution in [1.82, 2.24) is 4.90 Å². The van der Waals surface area contributed by atoms with Crippen LogP contribution in [0.15, 0.2) is 24.3 Å². The smallest absolute Gasteiger partial charge is 0.304 e. The molecule has 0 bridgehead atoms. The molecule has 2 aliphatic heterocycles. The van der Waals surface area contributed by atoms with E-state index in [4.69, 9.17) is 23.7 Å². The molecule has 13 heteroatoms. The van der Waals surface area contributed by atoms with E-state index in [2.05, 4.69) is 31.9 Å². The maximum Gasteiger partial charge on any atom is 0.304 e. The molecule has 3 rings (SSSR count). The maximum atomic E-state index is 13.7. The van der Waals surface area contributed by atoms with E-state index in [1.165, 1.54) is 19.1 Å². The van der Waals surface area contributed by atoms with Gasteiger partial charge < -0.3 is 23.7 Å². The van der Waals surface area contributed by atoms with Crippen LogP contribution in [-0.2, 0) is 38.1 Å². The van der Waals surface area contributed by atoms with Gasteiger partial charge >= 0.3 is 17.9 Å². The van der Waals surface area contributed by atoms with Crippen molar-refractivity contribution in [3.63, 3.8) is 0 Å². The van der Waals surface area contributed by atoms with Gasteiger partial charge in [0, 0.05) is 32.7 Å². The molecule has 2 heterocycles. The monoisotopic (exact) mass is 647 g/mol. The first-order valence-electron chi connectivity index (χ1n) is 11.4. The van der Waals surface area contributed by atoms with E-state index >= 15 is 0 Å². The fraction of sp³-hybridized carbons (Fsp3) is 0.542. The minimum Gasteiger partial charge on any atom is -0.463 e. The van der Waals surface area contributed by atoms with Gasteiger partial charge in [-0.2, -0.15) is 0 Å². The fourth-order valence-electron chi connectivity index (χ4n) is 4.43. The SMILES string of the molecule is CCCO[C@@H]1O[C@H](COC(C)=O)[C@@H](OC(C)=O)[C@](Br)(OC(C)=O)C1(CBr)N1C(=O)c2ccccc2C1=O. The van der Waals surface area contributed by atoms with Crippen LogP contribution in [0.3, 0.4) is 0 Å². The molecule has 11 nitrogen and oxygen atoms in total. The zero-order valence-electron chi connectivity index (χ0n) is 20.7. The molecule has 1 aromatic rings. The summed E-state index contributed by atoms with van der Waals surface area (Å²) >= 11 is 6.87. The highest BCUT2D eigenvalue weighted by Gasteiger charge is 2.74. The summed E-state index contributed by atoms with van der Waals surface area (Å²) in [5, 5.41) is -0.226.